The van der Waals surface area contributed by atoms with Crippen LogP contribution in [0.2, 0.25) is 0 Å². The van der Waals surface area contributed by atoms with Gasteiger partial charge in [0.05, 0.1) is 12.6 Å². The number of nitrogens with one attached hydrogen (secondary N) is 2. The number of aliphatic hydroxyl groups excluding tert-OH is 1. The minimum atomic E-state index is -0.197. The van der Waals surface area contributed by atoms with Gasteiger partial charge in [-0.1, -0.05) is 44.2 Å². The third kappa shape index (κ3) is 5.59. The van der Waals surface area contributed by atoms with Crippen LogP contribution in [0.25, 0.3) is 0 Å². The number of amides is 2. The number of benzene rings is 1. The molecule has 0 aliphatic rings. The molecule has 3 atom stereocenters. The van der Waals surface area contributed by atoms with Gasteiger partial charge in [0.15, 0.2) is 0 Å². The zero-order valence-electron chi connectivity index (χ0n) is 13.2. The lowest BCUT2D eigenvalue weighted by Gasteiger charge is -2.26. The van der Waals surface area contributed by atoms with Gasteiger partial charge in [0, 0.05) is 11.3 Å². The zero-order chi connectivity index (χ0) is 15.8. The summed E-state index contributed by atoms with van der Waals surface area (Å²) in [4.78, 5) is 12.2. The predicted molar refractivity (Wildman–Crippen MR) is 89.5 cm³/mol. The van der Waals surface area contributed by atoms with Crippen molar-refractivity contribution in [3.05, 3.63) is 35.9 Å². The van der Waals surface area contributed by atoms with Crippen LogP contribution in [-0.4, -0.2) is 35.3 Å². The van der Waals surface area contributed by atoms with E-state index in [4.69, 9.17) is 0 Å². The maximum absolute atomic E-state index is 12.2. The molecule has 0 aliphatic carbocycles. The maximum Gasteiger partial charge on any atom is 0.315 e. The second-order valence-corrected chi connectivity index (χ2v) is 6.57. The number of aliphatic hydroxyl groups is 1. The Morgan fingerprint density at radius 2 is 1.81 bits per heavy atom. The van der Waals surface area contributed by atoms with Crippen molar-refractivity contribution >= 4 is 17.8 Å². The van der Waals surface area contributed by atoms with Crippen molar-refractivity contribution in [2.24, 2.45) is 5.92 Å². The van der Waals surface area contributed by atoms with E-state index in [1.165, 1.54) is 0 Å². The normalized spacial score (nSPS) is 15.3. The SMILES string of the molecule is CSC(CO)C(C)NC(=O)NC(c1ccccc1)C(C)C. The molecule has 3 unspecified atom stereocenters. The lowest BCUT2D eigenvalue weighted by molar-refractivity contribution is 0.225. The molecule has 5 heteroatoms. The highest BCUT2D eigenvalue weighted by molar-refractivity contribution is 7.99. The van der Waals surface area contributed by atoms with Gasteiger partial charge in [0.25, 0.3) is 0 Å². The molecule has 118 valence electrons. The van der Waals surface area contributed by atoms with Crippen molar-refractivity contribution in [2.75, 3.05) is 12.9 Å². The first-order chi connectivity index (χ1) is 9.99. The van der Waals surface area contributed by atoms with Crippen LogP contribution >= 0.6 is 11.8 Å². The molecule has 0 aliphatic heterocycles. The average Bonchev–Trinajstić information content (AvgIpc) is 2.46. The Kier molecular flexibility index (Phi) is 7.61. The van der Waals surface area contributed by atoms with E-state index in [1.54, 1.807) is 11.8 Å². The molecule has 0 spiro atoms. The zero-order valence-corrected chi connectivity index (χ0v) is 14.0. The van der Waals surface area contributed by atoms with Crippen molar-refractivity contribution in [3.8, 4) is 0 Å². The minimum Gasteiger partial charge on any atom is -0.395 e. The molecule has 0 heterocycles. The van der Waals surface area contributed by atoms with Crippen LogP contribution in [0.5, 0.6) is 0 Å². The van der Waals surface area contributed by atoms with E-state index in [1.807, 2.05) is 43.5 Å². The van der Waals surface area contributed by atoms with E-state index in [0.29, 0.717) is 5.92 Å². The average molecular weight is 310 g/mol. The van der Waals surface area contributed by atoms with Crippen LogP contribution in [0, 0.1) is 5.92 Å². The van der Waals surface area contributed by atoms with Gasteiger partial charge in [-0.3, -0.25) is 0 Å². The van der Waals surface area contributed by atoms with Crippen LogP contribution in [0.4, 0.5) is 4.79 Å². The summed E-state index contributed by atoms with van der Waals surface area (Å²) in [6.07, 6.45) is 1.93. The highest BCUT2D eigenvalue weighted by Gasteiger charge is 2.21. The second-order valence-electron chi connectivity index (χ2n) is 5.50. The molecule has 3 N–H and O–H groups in total. The van der Waals surface area contributed by atoms with Gasteiger partial charge in [-0.25, -0.2) is 4.79 Å². The molecule has 1 rings (SSSR count). The van der Waals surface area contributed by atoms with Crippen molar-refractivity contribution in [2.45, 2.75) is 38.1 Å². The quantitative estimate of drug-likeness (QED) is 0.726. The summed E-state index contributed by atoms with van der Waals surface area (Å²) in [6, 6.07) is 9.64. The van der Waals surface area contributed by atoms with Crippen LogP contribution in [-0.2, 0) is 0 Å². The Labute approximate surface area is 131 Å². The topological polar surface area (TPSA) is 61.4 Å². The number of hydrogen-bond donors (Lipinski definition) is 3. The number of hydrogen-bond acceptors (Lipinski definition) is 3. The van der Waals surface area contributed by atoms with Crippen molar-refractivity contribution in [1.29, 1.82) is 0 Å². The van der Waals surface area contributed by atoms with Gasteiger partial charge in [0.1, 0.15) is 0 Å². The number of urea groups is 1. The molecule has 4 nitrogen and oxygen atoms in total. The Morgan fingerprint density at radius 1 is 1.19 bits per heavy atom. The van der Waals surface area contributed by atoms with Gasteiger partial charge in [-0.05, 0) is 24.7 Å². The molecule has 0 bridgehead atoms. The predicted octanol–water partition coefficient (Wildman–Crippen LogP) is 2.80. The fraction of sp³-hybridized carbons (Fsp3) is 0.562. The number of carbonyl (C=O) groups is 1. The number of thioether (sulfide) groups is 1. The van der Waals surface area contributed by atoms with E-state index < -0.39 is 0 Å². The fourth-order valence-electron chi connectivity index (χ4n) is 2.21. The van der Waals surface area contributed by atoms with Gasteiger partial charge >= 0.3 is 6.03 Å². The fourth-order valence-corrected chi connectivity index (χ4v) is 2.84. The molecule has 0 radical (unpaired) electrons. The van der Waals surface area contributed by atoms with Gasteiger partial charge in [-0.2, -0.15) is 11.8 Å². The largest absolute Gasteiger partial charge is 0.395 e. The molecule has 1 aromatic rings. The smallest absolute Gasteiger partial charge is 0.315 e. The van der Waals surface area contributed by atoms with Crippen molar-refractivity contribution in [1.82, 2.24) is 10.6 Å². The summed E-state index contributed by atoms with van der Waals surface area (Å²) < 4.78 is 0. The van der Waals surface area contributed by atoms with E-state index in [-0.39, 0.29) is 30.0 Å². The highest BCUT2D eigenvalue weighted by Crippen LogP contribution is 2.21. The van der Waals surface area contributed by atoms with E-state index >= 15 is 0 Å². The Balaban J connectivity index is 2.66. The summed E-state index contributed by atoms with van der Waals surface area (Å²) in [5.41, 5.74) is 1.10. The van der Waals surface area contributed by atoms with Crippen LogP contribution in [0.3, 0.4) is 0 Å². The van der Waals surface area contributed by atoms with E-state index in [9.17, 15) is 9.90 Å². The van der Waals surface area contributed by atoms with Gasteiger partial charge in [0.2, 0.25) is 0 Å². The number of rotatable bonds is 7. The lowest BCUT2D eigenvalue weighted by atomic mass is 9.96. The third-order valence-electron chi connectivity index (χ3n) is 3.51. The molecular formula is C16H26N2O2S. The number of carbonyl (C=O) groups excluding carboxylic acids is 1. The summed E-state index contributed by atoms with van der Waals surface area (Å²) >= 11 is 1.55. The molecule has 0 saturated heterocycles. The molecule has 1 aromatic carbocycles. The first kappa shape index (κ1) is 17.9. The lowest BCUT2D eigenvalue weighted by Crippen LogP contribution is -2.47. The minimum absolute atomic E-state index is 0.00461. The standard InChI is InChI=1S/C16H26N2O2S/c1-11(2)15(13-8-6-5-7-9-13)18-16(20)17-12(3)14(10-19)21-4/h5-9,11-12,14-15,19H,10H2,1-4H3,(H2,17,18,20). The van der Waals surface area contributed by atoms with Crippen LogP contribution < -0.4 is 10.6 Å². The van der Waals surface area contributed by atoms with Crippen LogP contribution in [0.1, 0.15) is 32.4 Å². The monoisotopic (exact) mass is 310 g/mol. The first-order valence-corrected chi connectivity index (χ1v) is 8.54. The van der Waals surface area contributed by atoms with Gasteiger partial charge in [-0.15, -0.1) is 0 Å². The van der Waals surface area contributed by atoms with E-state index in [2.05, 4.69) is 24.5 Å². The Bertz CT molecular complexity index is 422. The third-order valence-corrected chi connectivity index (χ3v) is 4.67. The second kappa shape index (κ2) is 8.95. The molecule has 0 fully saturated rings. The van der Waals surface area contributed by atoms with E-state index in [0.717, 1.165) is 5.56 Å². The Morgan fingerprint density at radius 3 is 2.29 bits per heavy atom. The highest BCUT2D eigenvalue weighted by atomic mass is 32.2. The summed E-state index contributed by atoms with van der Waals surface area (Å²) in [5, 5.41) is 15.2. The molecule has 0 aromatic heterocycles. The molecule has 21 heavy (non-hydrogen) atoms. The summed E-state index contributed by atoms with van der Waals surface area (Å²) in [5.74, 6) is 0.294. The Hall–Kier alpha value is -1.20. The van der Waals surface area contributed by atoms with Gasteiger partial charge < -0.3 is 15.7 Å². The summed E-state index contributed by atoms with van der Waals surface area (Å²) in [6.45, 7) is 6.12. The molecule has 2 amide bonds. The maximum atomic E-state index is 12.2. The van der Waals surface area contributed by atoms with Crippen molar-refractivity contribution in [3.63, 3.8) is 0 Å². The van der Waals surface area contributed by atoms with Crippen molar-refractivity contribution < 1.29 is 9.90 Å². The summed E-state index contributed by atoms with van der Waals surface area (Å²) in [7, 11) is 0. The molecule has 0 saturated carbocycles. The van der Waals surface area contributed by atoms with Crippen LogP contribution in [0.15, 0.2) is 30.3 Å². The molecular weight excluding hydrogens is 284 g/mol. The first-order valence-electron chi connectivity index (χ1n) is 7.25.